The van der Waals surface area contributed by atoms with Crippen molar-refractivity contribution >= 4 is 38.9 Å². The quantitative estimate of drug-likeness (QED) is 0.854. The van der Waals surface area contributed by atoms with Crippen LogP contribution in [0.25, 0.3) is 0 Å². The molecule has 2 aromatic rings. The van der Waals surface area contributed by atoms with E-state index in [4.69, 9.17) is 0 Å². The number of hydrogen-bond acceptors (Lipinski definition) is 3. The summed E-state index contributed by atoms with van der Waals surface area (Å²) < 4.78 is 1.14. The number of thiophene rings is 1. The van der Waals surface area contributed by atoms with Crippen LogP contribution in [0.15, 0.2) is 40.2 Å². The summed E-state index contributed by atoms with van der Waals surface area (Å²) in [6, 6.07) is 10.4. The van der Waals surface area contributed by atoms with Crippen molar-refractivity contribution in [3.05, 3.63) is 50.6 Å². The van der Waals surface area contributed by atoms with Crippen LogP contribution in [0, 0.1) is 0 Å². The zero-order valence-electron chi connectivity index (χ0n) is 12.4. The largest absolute Gasteiger partial charge is 0.378 e. The Morgan fingerprint density at radius 2 is 1.95 bits per heavy atom. The Morgan fingerprint density at radius 1 is 1.29 bits per heavy atom. The van der Waals surface area contributed by atoms with Gasteiger partial charge in [0.25, 0.3) is 0 Å². The van der Waals surface area contributed by atoms with Crippen molar-refractivity contribution in [3.63, 3.8) is 0 Å². The van der Waals surface area contributed by atoms with Crippen LogP contribution < -0.4 is 5.32 Å². The highest BCUT2D eigenvalue weighted by molar-refractivity contribution is 9.10. The fourth-order valence-corrected chi connectivity index (χ4v) is 3.71. The maximum atomic E-state index is 11.7. The van der Waals surface area contributed by atoms with Crippen molar-refractivity contribution in [2.24, 2.45) is 0 Å². The van der Waals surface area contributed by atoms with Gasteiger partial charge in [-0.25, -0.2) is 0 Å². The second-order valence-electron chi connectivity index (χ2n) is 5.16. The zero-order valence-corrected chi connectivity index (χ0v) is 14.8. The number of carbonyl (C=O) groups is 1. The second-order valence-corrected chi connectivity index (χ2v) is 6.96. The molecular weight excluding hydrogens is 348 g/mol. The van der Waals surface area contributed by atoms with Crippen LogP contribution in [-0.2, 0) is 11.2 Å². The summed E-state index contributed by atoms with van der Waals surface area (Å²) >= 11 is 5.29. The molecule has 1 N–H and O–H groups in total. The van der Waals surface area contributed by atoms with Gasteiger partial charge in [0, 0.05) is 29.1 Å². The molecule has 1 heterocycles. The zero-order chi connectivity index (χ0) is 15.4. The lowest BCUT2D eigenvalue weighted by atomic mass is 10.1. The smallest absolute Gasteiger partial charge is 0.226 e. The molecule has 21 heavy (non-hydrogen) atoms. The minimum Gasteiger partial charge on any atom is -0.378 e. The van der Waals surface area contributed by atoms with Gasteiger partial charge in [-0.1, -0.05) is 12.1 Å². The predicted molar refractivity (Wildman–Crippen MR) is 92.9 cm³/mol. The molecule has 0 aliphatic carbocycles. The Bertz CT molecular complexity index is 607. The van der Waals surface area contributed by atoms with Crippen molar-refractivity contribution in [2.45, 2.75) is 19.4 Å². The molecule has 0 spiro atoms. The van der Waals surface area contributed by atoms with Gasteiger partial charge >= 0.3 is 0 Å². The SMILES string of the molecule is CC(Nc1ccc(CC(=O)N(C)C)cc1)c1sccc1Br. The molecule has 1 atom stereocenters. The third-order valence-corrected chi connectivity index (χ3v) is 5.28. The lowest BCUT2D eigenvalue weighted by Crippen LogP contribution is -2.23. The summed E-state index contributed by atoms with van der Waals surface area (Å²) in [7, 11) is 3.55. The normalized spacial score (nSPS) is 12.0. The Kier molecular flexibility index (Phi) is 5.42. The number of nitrogens with zero attached hydrogens (tertiary/aromatic N) is 1. The topological polar surface area (TPSA) is 32.3 Å². The molecule has 1 unspecified atom stereocenters. The fraction of sp³-hybridized carbons (Fsp3) is 0.312. The van der Waals surface area contributed by atoms with E-state index < -0.39 is 0 Å². The summed E-state index contributed by atoms with van der Waals surface area (Å²) in [4.78, 5) is 14.6. The molecule has 1 aromatic carbocycles. The molecule has 5 heteroatoms. The number of rotatable bonds is 5. The van der Waals surface area contributed by atoms with Crippen LogP contribution in [0.5, 0.6) is 0 Å². The Hall–Kier alpha value is -1.33. The molecule has 112 valence electrons. The van der Waals surface area contributed by atoms with Gasteiger partial charge in [-0.15, -0.1) is 11.3 Å². The van der Waals surface area contributed by atoms with E-state index in [1.54, 1.807) is 30.3 Å². The molecule has 0 aliphatic heterocycles. The van der Waals surface area contributed by atoms with Crippen molar-refractivity contribution < 1.29 is 4.79 Å². The van der Waals surface area contributed by atoms with Crippen molar-refractivity contribution in [3.8, 4) is 0 Å². The third-order valence-electron chi connectivity index (χ3n) is 3.23. The Balaban J connectivity index is 1.99. The molecule has 0 saturated carbocycles. The van der Waals surface area contributed by atoms with Crippen molar-refractivity contribution in [1.29, 1.82) is 0 Å². The molecule has 1 aromatic heterocycles. The molecule has 0 saturated heterocycles. The summed E-state index contributed by atoms with van der Waals surface area (Å²) in [6.07, 6.45) is 0.444. The average Bonchev–Trinajstić information content (AvgIpc) is 2.87. The van der Waals surface area contributed by atoms with Crippen LogP contribution >= 0.6 is 27.3 Å². The highest BCUT2D eigenvalue weighted by atomic mass is 79.9. The minimum atomic E-state index is 0.117. The van der Waals surface area contributed by atoms with Crippen molar-refractivity contribution in [2.75, 3.05) is 19.4 Å². The van der Waals surface area contributed by atoms with E-state index >= 15 is 0 Å². The van der Waals surface area contributed by atoms with E-state index in [9.17, 15) is 4.79 Å². The fourth-order valence-electron chi connectivity index (χ4n) is 1.98. The van der Waals surface area contributed by atoms with E-state index in [0.29, 0.717) is 6.42 Å². The lowest BCUT2D eigenvalue weighted by molar-refractivity contribution is -0.127. The summed E-state index contributed by atoms with van der Waals surface area (Å²) in [5.74, 6) is 0.117. The molecule has 0 radical (unpaired) electrons. The Morgan fingerprint density at radius 3 is 2.48 bits per heavy atom. The van der Waals surface area contributed by atoms with E-state index in [0.717, 1.165) is 15.7 Å². The van der Waals surface area contributed by atoms with Crippen LogP contribution in [0.2, 0.25) is 0 Å². The molecule has 1 amide bonds. The number of likely N-dealkylation sites (N-methyl/N-ethyl adjacent to an activating group) is 1. The van der Waals surface area contributed by atoms with Gasteiger partial charge in [0.1, 0.15) is 0 Å². The predicted octanol–water partition coefficient (Wildman–Crippen LogP) is 4.31. The highest BCUT2D eigenvalue weighted by Gasteiger charge is 2.11. The monoisotopic (exact) mass is 366 g/mol. The van der Waals surface area contributed by atoms with Gasteiger partial charge in [0.05, 0.1) is 12.5 Å². The molecule has 0 bridgehead atoms. The third kappa shape index (κ3) is 4.32. The average molecular weight is 367 g/mol. The maximum Gasteiger partial charge on any atom is 0.226 e. The van der Waals surface area contributed by atoms with Crippen LogP contribution in [-0.4, -0.2) is 24.9 Å². The summed E-state index contributed by atoms with van der Waals surface area (Å²) in [5, 5.41) is 5.55. The number of anilines is 1. The number of hydrogen-bond donors (Lipinski definition) is 1. The minimum absolute atomic E-state index is 0.117. The highest BCUT2D eigenvalue weighted by Crippen LogP contribution is 2.31. The second kappa shape index (κ2) is 7.09. The molecule has 3 nitrogen and oxygen atoms in total. The number of carbonyl (C=O) groups excluding carboxylic acids is 1. The number of halogens is 1. The van der Waals surface area contributed by atoms with E-state index in [1.807, 2.05) is 24.3 Å². The van der Waals surface area contributed by atoms with Crippen LogP contribution in [0.1, 0.15) is 23.4 Å². The standard InChI is InChI=1S/C16H19BrN2OS/c1-11(16-14(17)8-9-21-16)18-13-6-4-12(5-7-13)10-15(20)19(2)3/h4-9,11,18H,10H2,1-3H3. The first-order valence-electron chi connectivity index (χ1n) is 6.76. The van der Waals surface area contributed by atoms with Gasteiger partial charge < -0.3 is 10.2 Å². The van der Waals surface area contributed by atoms with E-state index in [2.05, 4.69) is 39.6 Å². The summed E-state index contributed by atoms with van der Waals surface area (Å²) in [6.45, 7) is 2.14. The first-order valence-corrected chi connectivity index (χ1v) is 8.43. The lowest BCUT2D eigenvalue weighted by Gasteiger charge is -2.15. The van der Waals surface area contributed by atoms with Gasteiger partial charge in [0.2, 0.25) is 5.91 Å². The van der Waals surface area contributed by atoms with Gasteiger partial charge in [-0.05, 0) is 52.0 Å². The maximum absolute atomic E-state index is 11.7. The van der Waals surface area contributed by atoms with E-state index in [1.165, 1.54) is 4.88 Å². The van der Waals surface area contributed by atoms with Gasteiger partial charge in [-0.3, -0.25) is 4.79 Å². The van der Waals surface area contributed by atoms with E-state index in [-0.39, 0.29) is 11.9 Å². The molecule has 2 rings (SSSR count). The van der Waals surface area contributed by atoms with Crippen molar-refractivity contribution in [1.82, 2.24) is 4.90 Å². The first-order chi connectivity index (χ1) is 9.97. The number of amides is 1. The molecule has 0 aliphatic rings. The molecule has 0 fully saturated rings. The van der Waals surface area contributed by atoms with Crippen LogP contribution in [0.3, 0.4) is 0 Å². The summed E-state index contributed by atoms with van der Waals surface area (Å²) in [5.41, 5.74) is 2.09. The van der Waals surface area contributed by atoms with Gasteiger partial charge in [0.15, 0.2) is 0 Å². The number of benzene rings is 1. The first kappa shape index (κ1) is 16.0. The Labute approximate surface area is 138 Å². The van der Waals surface area contributed by atoms with Gasteiger partial charge in [-0.2, -0.15) is 0 Å². The number of nitrogens with one attached hydrogen (secondary N) is 1. The van der Waals surface area contributed by atoms with Crippen LogP contribution in [0.4, 0.5) is 5.69 Å². The molecular formula is C16H19BrN2OS.